The number of carbonyl (C=O) groups is 3. The number of carboxylic acid groups (broad SMARTS) is 2. The number of aliphatic carboxylic acids is 2. The number of ether oxygens (including phenoxy) is 2. The van der Waals surface area contributed by atoms with Crippen molar-refractivity contribution in [1.29, 1.82) is 0 Å². The number of hydrogen-bond donors (Lipinski definition) is 2. The van der Waals surface area contributed by atoms with Gasteiger partial charge < -0.3 is 19.7 Å². The van der Waals surface area contributed by atoms with Crippen molar-refractivity contribution in [3.05, 3.63) is 12.7 Å². The zero-order valence-corrected chi connectivity index (χ0v) is 8.42. The van der Waals surface area contributed by atoms with Crippen LogP contribution in [0.1, 0.15) is 0 Å². The maximum Gasteiger partial charge on any atom is 0.330 e. The van der Waals surface area contributed by atoms with Crippen LogP contribution in [0.4, 0.5) is 0 Å². The van der Waals surface area contributed by atoms with Crippen LogP contribution < -0.4 is 0 Å². The van der Waals surface area contributed by atoms with E-state index in [9.17, 15) is 14.4 Å². The molecule has 0 bridgehead atoms. The van der Waals surface area contributed by atoms with Crippen molar-refractivity contribution in [2.45, 2.75) is 0 Å². The van der Waals surface area contributed by atoms with Gasteiger partial charge >= 0.3 is 17.9 Å². The summed E-state index contributed by atoms with van der Waals surface area (Å²) in [4.78, 5) is 31.3. The molecule has 16 heavy (non-hydrogen) atoms. The van der Waals surface area contributed by atoms with E-state index in [0.29, 0.717) is 0 Å². The van der Waals surface area contributed by atoms with E-state index in [-0.39, 0.29) is 13.2 Å². The summed E-state index contributed by atoms with van der Waals surface area (Å²) in [6, 6.07) is 0. The minimum Gasteiger partial charge on any atom is -0.481 e. The smallest absolute Gasteiger partial charge is 0.330 e. The van der Waals surface area contributed by atoms with E-state index in [1.807, 2.05) is 0 Å². The van der Waals surface area contributed by atoms with E-state index in [0.717, 1.165) is 6.08 Å². The molecule has 0 radical (unpaired) electrons. The number of hydrogen-bond acceptors (Lipinski definition) is 5. The largest absolute Gasteiger partial charge is 0.481 e. The number of esters is 1. The lowest BCUT2D eigenvalue weighted by atomic mass is 10.2. The van der Waals surface area contributed by atoms with E-state index in [2.05, 4.69) is 11.3 Å². The average molecular weight is 232 g/mol. The lowest BCUT2D eigenvalue weighted by Gasteiger charge is -2.08. The van der Waals surface area contributed by atoms with E-state index in [1.165, 1.54) is 0 Å². The minimum atomic E-state index is -1.62. The Kier molecular flexibility index (Phi) is 6.53. The van der Waals surface area contributed by atoms with Gasteiger partial charge in [0.25, 0.3) is 0 Å². The lowest BCUT2D eigenvalue weighted by molar-refractivity contribution is -0.158. The molecular formula is C9H12O7. The number of carboxylic acids is 2. The Morgan fingerprint density at radius 2 is 1.75 bits per heavy atom. The van der Waals surface area contributed by atoms with Crippen molar-refractivity contribution in [1.82, 2.24) is 0 Å². The zero-order chi connectivity index (χ0) is 12.6. The molecule has 0 unspecified atom stereocenters. The van der Waals surface area contributed by atoms with E-state index >= 15 is 0 Å². The molecule has 0 aromatic carbocycles. The molecule has 0 spiro atoms. The minimum absolute atomic E-state index is 0.0728. The van der Waals surface area contributed by atoms with Crippen molar-refractivity contribution in [3.8, 4) is 0 Å². The van der Waals surface area contributed by atoms with Crippen molar-refractivity contribution >= 4 is 17.9 Å². The third-order valence-electron chi connectivity index (χ3n) is 1.52. The highest BCUT2D eigenvalue weighted by molar-refractivity contribution is 5.92. The lowest BCUT2D eigenvalue weighted by Crippen LogP contribution is -2.28. The molecule has 0 saturated heterocycles. The molecule has 0 atom stereocenters. The van der Waals surface area contributed by atoms with Gasteiger partial charge in [-0.1, -0.05) is 6.58 Å². The van der Waals surface area contributed by atoms with Crippen LogP contribution in [0.15, 0.2) is 12.7 Å². The Bertz CT molecular complexity index is 270. The van der Waals surface area contributed by atoms with Gasteiger partial charge in [-0.3, -0.25) is 9.59 Å². The molecule has 0 fully saturated rings. The predicted molar refractivity (Wildman–Crippen MR) is 50.7 cm³/mol. The molecule has 0 aromatic rings. The predicted octanol–water partition coefficient (Wildman–Crippen LogP) is -0.482. The van der Waals surface area contributed by atoms with Gasteiger partial charge in [0.05, 0.1) is 13.2 Å². The maximum absolute atomic E-state index is 10.5. The molecule has 0 aromatic heterocycles. The van der Waals surface area contributed by atoms with Crippen LogP contribution in [0.3, 0.4) is 0 Å². The van der Waals surface area contributed by atoms with Crippen LogP contribution >= 0.6 is 0 Å². The van der Waals surface area contributed by atoms with Crippen LogP contribution in [-0.4, -0.2) is 47.9 Å². The first-order valence-electron chi connectivity index (χ1n) is 4.31. The van der Waals surface area contributed by atoms with Gasteiger partial charge in [-0.05, 0) is 0 Å². The van der Waals surface area contributed by atoms with E-state index < -0.39 is 30.4 Å². The quantitative estimate of drug-likeness (QED) is 0.251. The molecule has 0 aliphatic rings. The molecule has 0 aliphatic heterocycles. The fourth-order valence-electron chi connectivity index (χ4n) is 0.709. The summed E-state index contributed by atoms with van der Waals surface area (Å²) in [5.74, 6) is -5.20. The topological polar surface area (TPSA) is 110 Å². The number of carbonyl (C=O) groups excluding carboxylic acids is 1. The van der Waals surface area contributed by atoms with Gasteiger partial charge in [-0.25, -0.2) is 4.79 Å². The Morgan fingerprint density at radius 3 is 2.19 bits per heavy atom. The monoisotopic (exact) mass is 232 g/mol. The second-order valence-corrected chi connectivity index (χ2v) is 2.68. The number of rotatable bonds is 8. The maximum atomic E-state index is 10.5. The Morgan fingerprint density at radius 1 is 1.19 bits per heavy atom. The van der Waals surface area contributed by atoms with Gasteiger partial charge in [0.2, 0.25) is 0 Å². The fraction of sp³-hybridized carbons (Fsp3) is 0.444. The molecule has 0 aliphatic carbocycles. The Labute approximate surface area is 91.3 Å². The van der Waals surface area contributed by atoms with Gasteiger partial charge in [0.1, 0.15) is 6.61 Å². The summed E-state index contributed by atoms with van der Waals surface area (Å²) < 4.78 is 9.26. The standard InChI is InChI=1S/C9H12O7/c1-2-7(10)16-4-3-15-5-6(8(11)12)9(13)14/h2,6H,1,3-5H2,(H,11,12)(H,13,14). The van der Waals surface area contributed by atoms with Crippen molar-refractivity contribution in [2.24, 2.45) is 5.92 Å². The van der Waals surface area contributed by atoms with Crippen molar-refractivity contribution in [3.63, 3.8) is 0 Å². The normalized spacial score (nSPS) is 9.81. The first-order valence-corrected chi connectivity index (χ1v) is 4.31. The second kappa shape index (κ2) is 7.41. The van der Waals surface area contributed by atoms with Crippen LogP contribution in [-0.2, 0) is 23.9 Å². The SMILES string of the molecule is C=CC(=O)OCCOCC(C(=O)O)C(=O)O. The third-order valence-corrected chi connectivity index (χ3v) is 1.52. The van der Waals surface area contributed by atoms with Crippen LogP contribution in [0.5, 0.6) is 0 Å². The summed E-state index contributed by atoms with van der Waals surface area (Å²) >= 11 is 0. The fourth-order valence-corrected chi connectivity index (χ4v) is 0.709. The van der Waals surface area contributed by atoms with Gasteiger partial charge in [0.15, 0.2) is 5.92 Å². The highest BCUT2D eigenvalue weighted by Crippen LogP contribution is 1.98. The van der Waals surface area contributed by atoms with Crippen molar-refractivity contribution in [2.75, 3.05) is 19.8 Å². The summed E-state index contributed by atoms with van der Waals surface area (Å²) in [6.07, 6.45) is 0.970. The molecule has 90 valence electrons. The van der Waals surface area contributed by atoms with Gasteiger partial charge in [-0.2, -0.15) is 0 Å². The average Bonchev–Trinajstić information content (AvgIpc) is 2.21. The van der Waals surface area contributed by atoms with Crippen LogP contribution in [0.25, 0.3) is 0 Å². The molecule has 0 amide bonds. The van der Waals surface area contributed by atoms with E-state index in [4.69, 9.17) is 14.9 Å². The highest BCUT2D eigenvalue weighted by atomic mass is 16.6. The molecule has 0 rings (SSSR count). The van der Waals surface area contributed by atoms with E-state index in [1.54, 1.807) is 0 Å². The molecule has 0 saturated carbocycles. The summed E-state index contributed by atoms with van der Waals surface area (Å²) in [6.45, 7) is 2.53. The Hall–Kier alpha value is -1.89. The summed E-state index contributed by atoms with van der Waals surface area (Å²) in [5.41, 5.74) is 0. The highest BCUT2D eigenvalue weighted by Gasteiger charge is 2.25. The van der Waals surface area contributed by atoms with Gasteiger partial charge in [-0.15, -0.1) is 0 Å². The first kappa shape index (κ1) is 14.1. The van der Waals surface area contributed by atoms with Crippen molar-refractivity contribution < 1.29 is 34.1 Å². The molecule has 0 heterocycles. The Balaban J connectivity index is 3.71. The van der Waals surface area contributed by atoms with Gasteiger partial charge in [0, 0.05) is 6.08 Å². The summed E-state index contributed by atoms with van der Waals surface area (Å²) in [7, 11) is 0. The molecular weight excluding hydrogens is 220 g/mol. The van der Waals surface area contributed by atoms with Crippen LogP contribution in [0.2, 0.25) is 0 Å². The molecule has 2 N–H and O–H groups in total. The van der Waals surface area contributed by atoms with Crippen LogP contribution in [0, 0.1) is 5.92 Å². The summed E-state index contributed by atoms with van der Waals surface area (Å²) in [5, 5.41) is 16.9. The first-order chi connectivity index (χ1) is 7.49. The third kappa shape index (κ3) is 5.76. The molecule has 7 heteroatoms. The second-order valence-electron chi connectivity index (χ2n) is 2.68. The molecule has 7 nitrogen and oxygen atoms in total. The zero-order valence-electron chi connectivity index (χ0n) is 8.42.